The Morgan fingerprint density at radius 2 is 2.32 bits per heavy atom. The van der Waals surface area contributed by atoms with Crippen molar-refractivity contribution in [1.29, 1.82) is 0 Å². The van der Waals surface area contributed by atoms with Crippen molar-refractivity contribution in [2.75, 3.05) is 6.61 Å². The van der Waals surface area contributed by atoms with Gasteiger partial charge < -0.3 is 14.3 Å². The molecule has 6 heteroatoms. The van der Waals surface area contributed by atoms with E-state index in [1.165, 1.54) is 16.8 Å². The van der Waals surface area contributed by atoms with Crippen LogP contribution in [0.15, 0.2) is 29.0 Å². The van der Waals surface area contributed by atoms with E-state index in [0.29, 0.717) is 12.3 Å². The second kappa shape index (κ2) is 5.75. The number of rotatable bonds is 4. The van der Waals surface area contributed by atoms with Gasteiger partial charge in [0, 0.05) is 10.2 Å². The number of nitrogens with zero attached hydrogens (tertiary/aromatic N) is 1. The zero-order valence-corrected chi connectivity index (χ0v) is 11.0. The van der Waals surface area contributed by atoms with E-state index in [-0.39, 0.29) is 12.4 Å². The molecule has 5 nitrogen and oxygen atoms in total. The first-order valence-electron chi connectivity index (χ1n) is 5.68. The van der Waals surface area contributed by atoms with Gasteiger partial charge in [-0.05, 0) is 18.2 Å². The van der Waals surface area contributed by atoms with Crippen LogP contribution in [-0.4, -0.2) is 22.7 Å². The molecule has 3 rings (SSSR count). The molecule has 0 radical (unpaired) electrons. The normalized spacial score (nSPS) is 10.4. The van der Waals surface area contributed by atoms with Gasteiger partial charge in [0.25, 0.3) is 0 Å². The molecular weight excluding hydrogens is 270 g/mol. The van der Waals surface area contributed by atoms with Crippen molar-refractivity contribution in [1.82, 2.24) is 4.98 Å². The largest absolute Gasteiger partial charge is 0.481 e. The molecule has 0 atom stereocenters. The van der Waals surface area contributed by atoms with E-state index in [9.17, 15) is 4.79 Å². The van der Waals surface area contributed by atoms with E-state index < -0.39 is 5.97 Å². The van der Waals surface area contributed by atoms with Gasteiger partial charge >= 0.3 is 11.9 Å². The number of carboxylic acids is 1. The highest BCUT2D eigenvalue weighted by Crippen LogP contribution is 2.20. The second-order valence-electron chi connectivity index (χ2n) is 3.78. The standard InChI is InChI=1S/C7H9NO4.C6H3Cl/c1-2-11-7-5(3-6(9)10)8-4-12-7;7-6-3-4-1-2-5(4)6/h4H,2-3H2,1H3,(H,9,10);1-3H. The van der Waals surface area contributed by atoms with Crippen molar-refractivity contribution in [3.8, 4) is 5.95 Å². The summed E-state index contributed by atoms with van der Waals surface area (Å²) in [6.07, 6.45) is 0.995. The summed E-state index contributed by atoms with van der Waals surface area (Å²) >= 11 is 5.60. The molecule has 1 aromatic heterocycles. The van der Waals surface area contributed by atoms with Crippen molar-refractivity contribution in [3.63, 3.8) is 0 Å². The monoisotopic (exact) mass is 281 g/mol. The average Bonchev–Trinajstić information content (AvgIpc) is 2.74. The van der Waals surface area contributed by atoms with Crippen LogP contribution in [0.4, 0.5) is 0 Å². The number of ether oxygens (including phenoxy) is 1. The maximum absolute atomic E-state index is 10.3. The molecular formula is C13H12ClNO4. The third-order valence-corrected chi connectivity index (χ3v) is 2.79. The second-order valence-corrected chi connectivity index (χ2v) is 4.19. The fraction of sp³-hybridized carbons (Fsp3) is 0.231. The summed E-state index contributed by atoms with van der Waals surface area (Å²) < 4.78 is 9.79. The molecule has 0 saturated heterocycles. The molecule has 0 aromatic carbocycles. The Morgan fingerprint density at radius 3 is 2.68 bits per heavy atom. The smallest absolute Gasteiger partial charge is 0.309 e. The van der Waals surface area contributed by atoms with Crippen LogP contribution in [0.2, 0.25) is 5.02 Å². The Hall–Kier alpha value is -2.01. The van der Waals surface area contributed by atoms with Crippen molar-refractivity contribution >= 4 is 17.6 Å². The van der Waals surface area contributed by atoms with E-state index in [1.807, 2.05) is 12.1 Å². The topological polar surface area (TPSA) is 72.6 Å². The number of benzene rings is 1. The molecule has 19 heavy (non-hydrogen) atoms. The van der Waals surface area contributed by atoms with Gasteiger partial charge in [-0.15, -0.1) is 0 Å². The minimum Gasteiger partial charge on any atom is -0.481 e. The van der Waals surface area contributed by atoms with Crippen LogP contribution < -0.4 is 4.74 Å². The van der Waals surface area contributed by atoms with Gasteiger partial charge in [-0.2, -0.15) is 0 Å². The van der Waals surface area contributed by atoms with Crippen LogP contribution in [-0.2, 0) is 11.2 Å². The van der Waals surface area contributed by atoms with Crippen molar-refractivity contribution in [2.24, 2.45) is 0 Å². The highest BCUT2D eigenvalue weighted by atomic mass is 35.5. The van der Waals surface area contributed by atoms with E-state index in [4.69, 9.17) is 25.9 Å². The molecule has 0 fully saturated rings. The lowest BCUT2D eigenvalue weighted by atomic mass is 10.1. The fourth-order valence-corrected chi connectivity index (χ4v) is 1.80. The van der Waals surface area contributed by atoms with Crippen molar-refractivity contribution in [3.05, 3.63) is 45.7 Å². The highest BCUT2D eigenvalue weighted by Gasteiger charge is 2.12. The van der Waals surface area contributed by atoms with Gasteiger partial charge in [0.15, 0.2) is 6.39 Å². The summed E-state index contributed by atoms with van der Waals surface area (Å²) in [7, 11) is 0. The van der Waals surface area contributed by atoms with Gasteiger partial charge in [-0.3, -0.25) is 4.79 Å². The molecule has 0 spiro atoms. The molecule has 0 amide bonds. The number of oxazole rings is 1. The number of halogens is 1. The molecule has 100 valence electrons. The lowest BCUT2D eigenvalue weighted by Gasteiger charge is -2.01. The van der Waals surface area contributed by atoms with E-state index in [0.717, 1.165) is 5.02 Å². The van der Waals surface area contributed by atoms with Crippen LogP contribution in [0.1, 0.15) is 12.6 Å². The average molecular weight is 282 g/mol. The van der Waals surface area contributed by atoms with Gasteiger partial charge in [-0.25, -0.2) is 4.98 Å². The predicted molar refractivity (Wildman–Crippen MR) is 68.1 cm³/mol. The number of aromatic nitrogens is 1. The summed E-state index contributed by atoms with van der Waals surface area (Å²) in [5.41, 5.74) is 0.323. The Balaban J connectivity index is 0.000000159. The van der Waals surface area contributed by atoms with E-state index >= 15 is 0 Å². The van der Waals surface area contributed by atoms with Crippen molar-refractivity contribution in [2.45, 2.75) is 13.3 Å². The molecule has 1 heterocycles. The third-order valence-electron chi connectivity index (χ3n) is 2.48. The lowest BCUT2D eigenvalue weighted by molar-refractivity contribution is -0.136. The fourth-order valence-electron chi connectivity index (χ4n) is 1.51. The Bertz CT molecular complexity index is 680. The van der Waals surface area contributed by atoms with E-state index in [1.54, 1.807) is 6.92 Å². The molecule has 0 saturated carbocycles. The molecule has 2 aliphatic carbocycles. The summed E-state index contributed by atoms with van der Waals surface area (Å²) in [6.45, 7) is 2.22. The maximum atomic E-state index is 10.3. The summed E-state index contributed by atoms with van der Waals surface area (Å²) in [5, 5.41) is 11.9. The van der Waals surface area contributed by atoms with Gasteiger partial charge in [0.05, 0.1) is 13.0 Å². The van der Waals surface area contributed by atoms with E-state index in [2.05, 4.69) is 11.1 Å². The molecule has 0 unspecified atom stereocenters. The van der Waals surface area contributed by atoms with Crippen LogP contribution >= 0.6 is 11.6 Å². The molecule has 0 bridgehead atoms. The Morgan fingerprint density at radius 1 is 1.53 bits per heavy atom. The number of hydrogen-bond acceptors (Lipinski definition) is 4. The minimum atomic E-state index is -0.954. The van der Waals surface area contributed by atoms with Crippen LogP contribution in [0.25, 0.3) is 0 Å². The summed E-state index contributed by atoms with van der Waals surface area (Å²) in [5.74, 6) is -0.759. The van der Waals surface area contributed by atoms with Gasteiger partial charge in [0.2, 0.25) is 0 Å². The quantitative estimate of drug-likeness (QED) is 0.796. The number of aliphatic carboxylic acids is 1. The molecule has 0 aliphatic heterocycles. The minimum absolute atomic E-state index is 0.175. The zero-order chi connectivity index (χ0) is 13.8. The summed E-state index contributed by atoms with van der Waals surface area (Å²) in [6, 6.07) is 6.05. The number of carboxylic acid groups (broad SMARTS) is 1. The summed E-state index contributed by atoms with van der Waals surface area (Å²) in [4.78, 5) is 14.0. The van der Waals surface area contributed by atoms with Crippen LogP contribution in [0, 0.1) is 10.4 Å². The molecule has 1 aromatic rings. The first-order valence-corrected chi connectivity index (χ1v) is 6.06. The Kier molecular flexibility index (Phi) is 4.06. The highest BCUT2D eigenvalue weighted by molar-refractivity contribution is 6.31. The van der Waals surface area contributed by atoms with Crippen LogP contribution in [0.5, 0.6) is 5.95 Å². The SMILES string of the molecule is CCOc1ocnc1CC(=O)O.Clc1cc2ccc1=2. The van der Waals surface area contributed by atoms with Crippen LogP contribution in [0.3, 0.4) is 0 Å². The number of carbonyl (C=O) groups is 1. The van der Waals surface area contributed by atoms with Gasteiger partial charge in [-0.1, -0.05) is 23.7 Å². The third kappa shape index (κ3) is 3.06. The first-order chi connectivity index (χ1) is 9.11. The lowest BCUT2D eigenvalue weighted by Crippen LogP contribution is -2.02. The first kappa shape index (κ1) is 13.4. The molecule has 2 aliphatic rings. The predicted octanol–water partition coefficient (Wildman–Crippen LogP) is 2.64. The maximum Gasteiger partial charge on any atom is 0.309 e. The van der Waals surface area contributed by atoms with Crippen molar-refractivity contribution < 1.29 is 19.1 Å². The zero-order valence-electron chi connectivity index (χ0n) is 10.2. The number of hydrogen-bond donors (Lipinski definition) is 1. The van der Waals surface area contributed by atoms with Gasteiger partial charge in [0.1, 0.15) is 5.69 Å². The molecule has 1 N–H and O–H groups in total. The Labute approximate surface area is 114 Å².